The number of nitrogens with zero attached hydrogens (tertiary/aromatic N) is 1. The maximum absolute atomic E-state index is 2.63. The fourth-order valence-corrected chi connectivity index (χ4v) is 11.7. The van der Waals surface area contributed by atoms with Gasteiger partial charge < -0.3 is 4.90 Å². The quantitative estimate of drug-likeness (QED) is 0.169. The molecule has 9 aromatic rings. The van der Waals surface area contributed by atoms with E-state index in [-0.39, 0.29) is 10.8 Å². The Kier molecular flexibility index (Phi) is 7.31. The Hall–Kier alpha value is -6.96. The lowest BCUT2D eigenvalue weighted by atomic mass is 9.67. The van der Waals surface area contributed by atoms with E-state index in [1.165, 1.54) is 100 Å². The van der Waals surface area contributed by atoms with E-state index in [0.717, 1.165) is 5.69 Å². The zero-order valence-electron chi connectivity index (χ0n) is 34.5. The second kappa shape index (κ2) is 12.5. The van der Waals surface area contributed by atoms with Crippen LogP contribution in [0.2, 0.25) is 0 Å². The van der Waals surface area contributed by atoms with Crippen molar-refractivity contribution in [1.29, 1.82) is 0 Å². The molecule has 0 saturated heterocycles. The third-order valence-electron chi connectivity index (χ3n) is 14.3. The van der Waals surface area contributed by atoms with E-state index in [1.807, 2.05) is 0 Å². The van der Waals surface area contributed by atoms with Crippen LogP contribution in [0.3, 0.4) is 0 Å². The van der Waals surface area contributed by atoms with Gasteiger partial charge in [-0.1, -0.05) is 204 Å². The van der Waals surface area contributed by atoms with Crippen LogP contribution in [-0.2, 0) is 16.2 Å². The fourth-order valence-electron chi connectivity index (χ4n) is 11.7. The van der Waals surface area contributed by atoms with E-state index in [4.69, 9.17) is 0 Å². The van der Waals surface area contributed by atoms with Crippen LogP contribution in [0.25, 0.3) is 44.2 Å². The summed E-state index contributed by atoms with van der Waals surface area (Å²) in [6.07, 6.45) is 0. The van der Waals surface area contributed by atoms with E-state index in [9.17, 15) is 0 Å². The van der Waals surface area contributed by atoms with Gasteiger partial charge in [0.15, 0.2) is 0 Å². The third-order valence-corrected chi connectivity index (χ3v) is 14.3. The summed E-state index contributed by atoms with van der Waals surface area (Å²) < 4.78 is 0. The average molecular weight is 768 g/mol. The molecule has 0 N–H and O–H groups in total. The van der Waals surface area contributed by atoms with E-state index in [1.54, 1.807) is 0 Å². The molecule has 1 heteroatoms. The smallest absolute Gasteiger partial charge is 0.0714 e. The maximum Gasteiger partial charge on any atom is 0.0714 e. The lowest BCUT2D eigenvalue weighted by molar-refractivity contribution is 0.660. The normalized spacial score (nSPS) is 15.4. The highest BCUT2D eigenvalue weighted by Crippen LogP contribution is 2.61. The predicted octanol–water partition coefficient (Wildman–Crippen LogP) is 15.3. The summed E-state index contributed by atoms with van der Waals surface area (Å²) in [5.41, 5.74) is 21.2. The first-order valence-corrected chi connectivity index (χ1v) is 21.4. The highest BCUT2D eigenvalue weighted by Gasteiger charge is 2.47. The molecule has 0 amide bonds. The van der Waals surface area contributed by atoms with Crippen LogP contribution in [0, 0.1) is 0 Å². The summed E-state index contributed by atoms with van der Waals surface area (Å²) in [6.45, 7) is 9.60. The molecule has 0 radical (unpaired) electrons. The second-order valence-corrected chi connectivity index (χ2v) is 18.0. The Morgan fingerprint density at radius 3 is 1.58 bits per heavy atom. The van der Waals surface area contributed by atoms with Gasteiger partial charge in [-0.25, -0.2) is 0 Å². The molecule has 0 atom stereocenters. The van der Waals surface area contributed by atoms with Crippen molar-refractivity contribution in [3.63, 3.8) is 0 Å². The minimum atomic E-state index is -0.525. The van der Waals surface area contributed by atoms with Crippen molar-refractivity contribution in [2.24, 2.45) is 0 Å². The van der Waals surface area contributed by atoms with E-state index >= 15 is 0 Å². The van der Waals surface area contributed by atoms with Crippen molar-refractivity contribution in [1.82, 2.24) is 0 Å². The molecule has 0 unspecified atom stereocenters. The van der Waals surface area contributed by atoms with Crippen LogP contribution in [0.15, 0.2) is 200 Å². The topological polar surface area (TPSA) is 3.24 Å². The van der Waals surface area contributed by atoms with Crippen molar-refractivity contribution in [3.05, 3.63) is 245 Å². The van der Waals surface area contributed by atoms with Gasteiger partial charge in [-0.05, 0) is 102 Å². The maximum atomic E-state index is 2.63. The lowest BCUT2D eigenvalue weighted by Gasteiger charge is -2.35. The Morgan fingerprint density at radius 1 is 0.350 bits per heavy atom. The number of anilines is 3. The van der Waals surface area contributed by atoms with Crippen LogP contribution in [0.4, 0.5) is 17.1 Å². The fraction of sp³-hybridized carbons (Fsp3) is 0.119. The van der Waals surface area contributed by atoms with Crippen LogP contribution in [-0.4, -0.2) is 0 Å². The molecular formula is C59H45N. The van der Waals surface area contributed by atoms with Crippen LogP contribution >= 0.6 is 0 Å². The minimum Gasteiger partial charge on any atom is -0.309 e. The highest BCUT2D eigenvalue weighted by atomic mass is 15.1. The second-order valence-electron chi connectivity index (χ2n) is 18.0. The van der Waals surface area contributed by atoms with E-state index in [0.29, 0.717) is 0 Å². The zero-order valence-corrected chi connectivity index (χ0v) is 34.5. The van der Waals surface area contributed by atoms with Crippen molar-refractivity contribution >= 4 is 27.8 Å². The van der Waals surface area contributed by atoms with Crippen molar-refractivity contribution in [2.75, 3.05) is 4.90 Å². The predicted molar refractivity (Wildman–Crippen MR) is 251 cm³/mol. The van der Waals surface area contributed by atoms with Gasteiger partial charge in [0.2, 0.25) is 0 Å². The number of fused-ring (bicyclic) bond motifs is 11. The molecule has 9 aromatic carbocycles. The number of hydrogen-bond donors (Lipinski definition) is 0. The Labute approximate surface area is 353 Å². The first kappa shape index (κ1) is 35.0. The van der Waals surface area contributed by atoms with Gasteiger partial charge in [-0.3, -0.25) is 0 Å². The SMILES string of the molecule is CC1(C)c2ccccc2-c2c(N(c3ccc4c(c3)C(c3ccccc3)(c3ccccc3)c3ccccc3-4)c3cc4ccccc4c4c3-c3ccccc3C4(C)C)cccc21. The van der Waals surface area contributed by atoms with Gasteiger partial charge in [-0.15, -0.1) is 0 Å². The third kappa shape index (κ3) is 4.53. The molecule has 286 valence electrons. The molecule has 0 fully saturated rings. The monoisotopic (exact) mass is 767 g/mol. The van der Waals surface area contributed by atoms with Gasteiger partial charge in [0.25, 0.3) is 0 Å². The Balaban J connectivity index is 1.23. The van der Waals surface area contributed by atoms with Crippen LogP contribution < -0.4 is 4.90 Å². The Morgan fingerprint density at radius 2 is 0.883 bits per heavy atom. The summed E-state index contributed by atoms with van der Waals surface area (Å²) in [5, 5.41) is 2.57. The molecular weight excluding hydrogens is 723 g/mol. The summed E-state index contributed by atoms with van der Waals surface area (Å²) >= 11 is 0. The first-order valence-electron chi connectivity index (χ1n) is 21.4. The van der Waals surface area contributed by atoms with Gasteiger partial charge >= 0.3 is 0 Å². The number of benzene rings is 9. The van der Waals surface area contributed by atoms with E-state index in [2.05, 4.69) is 233 Å². The molecule has 3 aliphatic rings. The summed E-state index contributed by atoms with van der Waals surface area (Å²) in [6, 6.07) is 75.4. The van der Waals surface area contributed by atoms with Gasteiger partial charge in [-0.2, -0.15) is 0 Å². The number of rotatable bonds is 5. The van der Waals surface area contributed by atoms with Crippen LogP contribution in [0.1, 0.15) is 72.2 Å². The van der Waals surface area contributed by atoms with Gasteiger partial charge in [0, 0.05) is 27.6 Å². The first-order chi connectivity index (χ1) is 29.3. The molecule has 0 aliphatic heterocycles. The largest absolute Gasteiger partial charge is 0.309 e. The standard InChI is InChI=1S/C59H45N/c1-57(2)47-29-16-14-27-45(47)54-50(57)32-19-33-52(54)60(53-36-38-20-11-12-25-42(38)56-55(53)46-28-15-17-30-48(46)58(56,3)4)41-34-35-44-43-26-13-18-31-49(43)59(51(44)37-41,39-21-7-5-8-22-39)40-23-9-6-10-24-40/h5-37H,1-4H3. The molecule has 0 heterocycles. The Bertz CT molecular complexity index is 3160. The molecule has 0 aromatic heterocycles. The zero-order chi connectivity index (χ0) is 40.4. The summed E-state index contributed by atoms with van der Waals surface area (Å²) in [4.78, 5) is 2.63. The van der Waals surface area contributed by atoms with Gasteiger partial charge in [0.1, 0.15) is 0 Å². The highest BCUT2D eigenvalue weighted by molar-refractivity contribution is 6.08. The summed E-state index contributed by atoms with van der Waals surface area (Å²) in [7, 11) is 0. The van der Waals surface area contributed by atoms with Crippen LogP contribution in [0.5, 0.6) is 0 Å². The van der Waals surface area contributed by atoms with E-state index < -0.39 is 5.41 Å². The molecule has 3 aliphatic carbocycles. The molecule has 12 rings (SSSR count). The lowest BCUT2D eigenvalue weighted by Crippen LogP contribution is -2.28. The summed E-state index contributed by atoms with van der Waals surface area (Å²) in [5.74, 6) is 0. The molecule has 0 spiro atoms. The molecule has 0 saturated carbocycles. The molecule has 1 nitrogen and oxygen atoms in total. The molecule has 0 bridgehead atoms. The van der Waals surface area contributed by atoms with Crippen molar-refractivity contribution in [3.8, 4) is 33.4 Å². The van der Waals surface area contributed by atoms with Crippen molar-refractivity contribution < 1.29 is 0 Å². The van der Waals surface area contributed by atoms with Gasteiger partial charge in [0.05, 0.1) is 16.8 Å². The molecule has 60 heavy (non-hydrogen) atoms. The van der Waals surface area contributed by atoms with Crippen molar-refractivity contribution in [2.45, 2.75) is 43.9 Å². The number of hydrogen-bond acceptors (Lipinski definition) is 1. The average Bonchev–Trinajstić information content (AvgIpc) is 3.82. The minimum absolute atomic E-state index is 0.150.